The molecule has 186 valence electrons. The number of likely N-dealkylation sites (tertiary alicyclic amines) is 1. The van der Waals surface area contributed by atoms with Gasteiger partial charge in [0.05, 0.1) is 24.9 Å². The molecule has 2 atom stereocenters. The van der Waals surface area contributed by atoms with Gasteiger partial charge in [0.25, 0.3) is 10.1 Å². The molecule has 1 aromatic rings. The van der Waals surface area contributed by atoms with Crippen LogP contribution in [0.5, 0.6) is 0 Å². The molecule has 2 amide bonds. The summed E-state index contributed by atoms with van der Waals surface area (Å²) in [6.45, 7) is 11.2. The predicted molar refractivity (Wildman–Crippen MR) is 124 cm³/mol. The number of nitrogens with zero attached hydrogens (tertiary/aromatic N) is 2. The van der Waals surface area contributed by atoms with E-state index in [-0.39, 0.29) is 6.54 Å². The second-order valence-corrected chi connectivity index (χ2v) is 12.0. The van der Waals surface area contributed by atoms with Crippen LogP contribution in [-0.2, 0) is 30.3 Å². The van der Waals surface area contributed by atoms with Crippen molar-refractivity contribution < 1.29 is 31.7 Å². The van der Waals surface area contributed by atoms with Gasteiger partial charge in [-0.1, -0.05) is 24.3 Å². The molecule has 0 spiro atoms. The van der Waals surface area contributed by atoms with Gasteiger partial charge in [0.2, 0.25) is 0 Å². The van der Waals surface area contributed by atoms with Gasteiger partial charge in [-0.25, -0.2) is 9.59 Å². The molecule has 0 N–H and O–H groups in total. The lowest BCUT2D eigenvalue weighted by Crippen LogP contribution is -2.37. The molecule has 0 aromatic heterocycles. The minimum atomic E-state index is -3.67. The lowest BCUT2D eigenvalue weighted by molar-refractivity contribution is 0.0209. The molecule has 9 nitrogen and oxygen atoms in total. The maximum Gasteiger partial charge on any atom is 0.410 e. The fourth-order valence-corrected chi connectivity index (χ4v) is 4.11. The van der Waals surface area contributed by atoms with Crippen molar-refractivity contribution in [3.05, 3.63) is 35.4 Å². The average Bonchev–Trinajstić information content (AvgIpc) is 3.01. The maximum atomic E-state index is 12.8. The van der Waals surface area contributed by atoms with E-state index in [1.807, 2.05) is 45.0 Å². The number of rotatable bonds is 5. The van der Waals surface area contributed by atoms with Crippen molar-refractivity contribution >= 4 is 22.3 Å². The monoisotopic (exact) mass is 484 g/mol. The number of hydrogen-bond donors (Lipinski definition) is 0. The summed E-state index contributed by atoms with van der Waals surface area (Å²) in [6, 6.07) is 7.07. The third kappa shape index (κ3) is 8.85. The number of carbonyl (C=O) groups is 2. The molecule has 1 aliphatic heterocycles. The molecule has 0 radical (unpaired) electrons. The Morgan fingerprint density at radius 1 is 1.03 bits per heavy atom. The summed E-state index contributed by atoms with van der Waals surface area (Å²) < 4.78 is 39.3. The number of amides is 2. The van der Waals surface area contributed by atoms with Crippen LogP contribution in [0.1, 0.15) is 65.1 Å². The van der Waals surface area contributed by atoms with Crippen molar-refractivity contribution in [1.82, 2.24) is 9.80 Å². The van der Waals surface area contributed by atoms with E-state index in [1.165, 1.54) is 9.80 Å². The smallest absolute Gasteiger partial charge is 0.410 e. The molecule has 0 aliphatic carbocycles. The zero-order valence-corrected chi connectivity index (χ0v) is 21.6. The highest BCUT2D eigenvalue weighted by molar-refractivity contribution is 7.86. The standard InChI is InChI=1S/C23H36N2O7S/c1-22(2,3)30-20(26)24(7)14-16-9-11-17(12-10-16)19-13-18(32-33(8,28)29)15-25(19)21(27)31-23(4,5)6/h9-12,18-19H,13-15H2,1-8H3/t18-,19+/m1/s1. The predicted octanol–water partition coefficient (Wildman–Crippen LogP) is 4.08. The van der Waals surface area contributed by atoms with Gasteiger partial charge in [0.15, 0.2) is 0 Å². The van der Waals surface area contributed by atoms with Gasteiger partial charge < -0.3 is 14.4 Å². The van der Waals surface area contributed by atoms with E-state index in [0.717, 1.165) is 17.4 Å². The molecule has 0 saturated carbocycles. The summed E-state index contributed by atoms with van der Waals surface area (Å²) in [5, 5.41) is 0. The lowest BCUT2D eigenvalue weighted by atomic mass is 10.0. The molecule has 0 unspecified atom stereocenters. The Labute approximate surface area is 197 Å². The van der Waals surface area contributed by atoms with Gasteiger partial charge in [0.1, 0.15) is 11.2 Å². The summed E-state index contributed by atoms with van der Waals surface area (Å²) in [4.78, 5) is 28.0. The van der Waals surface area contributed by atoms with Gasteiger partial charge in [-0.15, -0.1) is 0 Å². The van der Waals surface area contributed by atoms with Crippen molar-refractivity contribution in [2.24, 2.45) is 0 Å². The van der Waals surface area contributed by atoms with Gasteiger partial charge in [-0.2, -0.15) is 8.42 Å². The van der Waals surface area contributed by atoms with Crippen LogP contribution in [0.3, 0.4) is 0 Å². The van der Waals surface area contributed by atoms with E-state index in [0.29, 0.717) is 13.0 Å². The Morgan fingerprint density at radius 2 is 1.58 bits per heavy atom. The first-order valence-corrected chi connectivity index (χ1v) is 12.7. The number of ether oxygens (including phenoxy) is 2. The molecule has 1 fully saturated rings. The first-order chi connectivity index (χ1) is 14.9. The Hall–Kier alpha value is -2.33. The Balaban J connectivity index is 2.17. The van der Waals surface area contributed by atoms with Crippen LogP contribution in [0.15, 0.2) is 24.3 Å². The van der Waals surface area contributed by atoms with E-state index in [1.54, 1.807) is 27.8 Å². The maximum absolute atomic E-state index is 12.8. The molecule has 2 rings (SSSR count). The molecule has 33 heavy (non-hydrogen) atoms. The quantitative estimate of drug-likeness (QED) is 0.580. The van der Waals surface area contributed by atoms with Crippen molar-refractivity contribution in [1.29, 1.82) is 0 Å². The van der Waals surface area contributed by atoms with Gasteiger partial charge in [-0.3, -0.25) is 9.08 Å². The summed E-state index contributed by atoms with van der Waals surface area (Å²) in [6.07, 6.45) is -0.284. The highest BCUT2D eigenvalue weighted by atomic mass is 32.2. The fourth-order valence-electron chi connectivity index (χ4n) is 3.48. The summed E-state index contributed by atoms with van der Waals surface area (Å²) in [5.41, 5.74) is 0.447. The average molecular weight is 485 g/mol. The summed E-state index contributed by atoms with van der Waals surface area (Å²) in [7, 11) is -2.00. The van der Waals surface area contributed by atoms with Crippen molar-refractivity contribution in [2.45, 2.75) is 77.9 Å². The van der Waals surface area contributed by atoms with Gasteiger partial charge in [-0.05, 0) is 52.7 Å². The van der Waals surface area contributed by atoms with E-state index >= 15 is 0 Å². The third-order valence-corrected chi connectivity index (χ3v) is 5.31. The number of carbonyl (C=O) groups excluding carboxylic acids is 2. The van der Waals surface area contributed by atoms with Gasteiger partial charge in [0, 0.05) is 20.0 Å². The van der Waals surface area contributed by atoms with E-state index in [2.05, 4.69) is 0 Å². The first kappa shape index (κ1) is 26.9. The van der Waals surface area contributed by atoms with Crippen LogP contribution in [-0.4, -0.2) is 67.6 Å². The zero-order chi connectivity index (χ0) is 25.2. The summed E-state index contributed by atoms with van der Waals surface area (Å²) in [5.74, 6) is 0. The molecule has 1 saturated heterocycles. The largest absolute Gasteiger partial charge is 0.444 e. The fraction of sp³-hybridized carbons (Fsp3) is 0.652. The SMILES string of the molecule is CN(Cc1ccc([C@@H]2C[C@@H](OS(C)(=O)=O)CN2C(=O)OC(C)(C)C)cc1)C(=O)OC(C)(C)C. The molecule has 1 aliphatic rings. The topological polar surface area (TPSA) is 102 Å². The minimum absolute atomic E-state index is 0.107. The molecule has 10 heteroatoms. The van der Waals surface area contributed by atoms with Crippen molar-refractivity contribution in [3.8, 4) is 0 Å². The Kier molecular flexibility index (Phi) is 8.06. The second kappa shape index (κ2) is 9.89. The van der Waals surface area contributed by atoms with E-state index < -0.39 is 45.7 Å². The van der Waals surface area contributed by atoms with Crippen LogP contribution in [0.2, 0.25) is 0 Å². The molecular formula is C23H36N2O7S. The minimum Gasteiger partial charge on any atom is -0.444 e. The third-order valence-electron chi connectivity index (χ3n) is 4.69. The Morgan fingerprint density at radius 3 is 2.06 bits per heavy atom. The first-order valence-electron chi connectivity index (χ1n) is 10.8. The van der Waals surface area contributed by atoms with Gasteiger partial charge >= 0.3 is 12.2 Å². The van der Waals surface area contributed by atoms with E-state index in [9.17, 15) is 18.0 Å². The van der Waals surface area contributed by atoms with Crippen LogP contribution < -0.4 is 0 Å². The normalized spacial score (nSPS) is 19.3. The zero-order valence-electron chi connectivity index (χ0n) is 20.7. The highest BCUT2D eigenvalue weighted by Crippen LogP contribution is 2.35. The van der Waals surface area contributed by atoms with Crippen molar-refractivity contribution in [2.75, 3.05) is 19.8 Å². The Bertz CT molecular complexity index is 947. The van der Waals surface area contributed by atoms with Crippen LogP contribution in [0.25, 0.3) is 0 Å². The molecule has 0 bridgehead atoms. The molecule has 1 heterocycles. The number of benzene rings is 1. The highest BCUT2D eigenvalue weighted by Gasteiger charge is 2.40. The molecular weight excluding hydrogens is 448 g/mol. The lowest BCUT2D eigenvalue weighted by Gasteiger charge is -2.29. The summed E-state index contributed by atoms with van der Waals surface area (Å²) >= 11 is 0. The van der Waals surface area contributed by atoms with Crippen LogP contribution >= 0.6 is 0 Å². The number of hydrogen-bond acceptors (Lipinski definition) is 7. The van der Waals surface area contributed by atoms with Crippen molar-refractivity contribution in [3.63, 3.8) is 0 Å². The second-order valence-electron chi connectivity index (χ2n) is 10.4. The van der Waals surface area contributed by atoms with Crippen LogP contribution in [0.4, 0.5) is 9.59 Å². The van der Waals surface area contributed by atoms with Crippen LogP contribution in [0, 0.1) is 0 Å². The molecule has 1 aromatic carbocycles. The van der Waals surface area contributed by atoms with E-state index in [4.69, 9.17) is 13.7 Å².